The molecule has 0 saturated carbocycles. The zero-order valence-electron chi connectivity index (χ0n) is 14.9. The fraction of sp³-hybridized carbons (Fsp3) is 0.0952. The highest BCUT2D eigenvalue weighted by atomic mass is 15.1. The van der Waals surface area contributed by atoms with E-state index in [4.69, 9.17) is 5.73 Å². The maximum atomic E-state index is 5.93. The van der Waals surface area contributed by atoms with Crippen LogP contribution in [0.25, 0.3) is 27.8 Å². The normalized spacial score (nSPS) is 11.4. The predicted octanol–water partition coefficient (Wildman–Crippen LogP) is 3.68. The summed E-state index contributed by atoms with van der Waals surface area (Å²) in [5, 5.41) is 0. The van der Waals surface area contributed by atoms with Gasteiger partial charge in [0.15, 0.2) is 11.5 Å². The largest absolute Gasteiger partial charge is 0.382 e. The Morgan fingerprint density at radius 1 is 1.00 bits per heavy atom. The van der Waals surface area contributed by atoms with Crippen LogP contribution in [-0.2, 0) is 6.54 Å². The Morgan fingerprint density at radius 2 is 1.85 bits per heavy atom. The third-order valence-corrected chi connectivity index (χ3v) is 4.95. The Morgan fingerprint density at radius 3 is 2.74 bits per heavy atom. The minimum Gasteiger partial charge on any atom is -0.382 e. The number of nitrogen functional groups attached to an aromatic ring is 1. The maximum absolute atomic E-state index is 5.93. The highest BCUT2D eigenvalue weighted by Crippen LogP contribution is 2.33. The van der Waals surface area contributed by atoms with Crippen LogP contribution in [0.4, 0.5) is 5.82 Å². The number of rotatable bonds is 3. The SMILES string of the molecule is Cc1ccccc1-c1c(Cn2cnc3c(N)ncnc32)cn2ccccc12. The van der Waals surface area contributed by atoms with Crippen LogP contribution >= 0.6 is 0 Å². The molecule has 0 fully saturated rings. The van der Waals surface area contributed by atoms with Crippen molar-refractivity contribution in [2.75, 3.05) is 5.73 Å². The molecule has 4 heterocycles. The van der Waals surface area contributed by atoms with Crippen LogP contribution in [0.15, 0.2) is 67.5 Å². The van der Waals surface area contributed by atoms with Gasteiger partial charge in [0.25, 0.3) is 0 Å². The summed E-state index contributed by atoms with van der Waals surface area (Å²) >= 11 is 0. The van der Waals surface area contributed by atoms with E-state index in [1.807, 2.05) is 10.6 Å². The van der Waals surface area contributed by atoms with Gasteiger partial charge < -0.3 is 14.7 Å². The summed E-state index contributed by atoms with van der Waals surface area (Å²) in [6, 6.07) is 14.7. The Balaban J connectivity index is 1.72. The molecule has 0 radical (unpaired) electrons. The molecule has 1 aromatic carbocycles. The van der Waals surface area contributed by atoms with E-state index in [2.05, 4.69) is 75.1 Å². The third kappa shape index (κ3) is 2.45. The first-order valence-electron chi connectivity index (χ1n) is 8.78. The number of aromatic nitrogens is 5. The molecule has 4 aromatic heterocycles. The van der Waals surface area contributed by atoms with Crippen LogP contribution in [0.3, 0.4) is 0 Å². The molecule has 6 heteroatoms. The van der Waals surface area contributed by atoms with Crippen molar-refractivity contribution in [3.8, 4) is 11.1 Å². The van der Waals surface area contributed by atoms with Crippen molar-refractivity contribution in [1.29, 1.82) is 0 Å². The molecule has 132 valence electrons. The van der Waals surface area contributed by atoms with E-state index >= 15 is 0 Å². The van der Waals surface area contributed by atoms with Crippen molar-refractivity contribution in [3.05, 3.63) is 78.6 Å². The van der Waals surface area contributed by atoms with E-state index in [0.717, 1.165) is 5.65 Å². The van der Waals surface area contributed by atoms with Gasteiger partial charge in [0, 0.05) is 18.0 Å². The zero-order valence-corrected chi connectivity index (χ0v) is 14.9. The minimum atomic E-state index is 0.403. The average Bonchev–Trinajstić information content (AvgIpc) is 3.25. The van der Waals surface area contributed by atoms with Crippen LogP contribution < -0.4 is 5.73 Å². The molecular formula is C21H18N6. The molecule has 0 aliphatic carbocycles. The van der Waals surface area contributed by atoms with Gasteiger partial charge in [-0.05, 0) is 35.7 Å². The van der Waals surface area contributed by atoms with Crippen LogP contribution in [0.2, 0.25) is 0 Å². The van der Waals surface area contributed by atoms with Gasteiger partial charge >= 0.3 is 0 Å². The number of aryl methyl sites for hydroxylation is 1. The number of nitrogens with two attached hydrogens (primary N) is 1. The summed E-state index contributed by atoms with van der Waals surface area (Å²) in [7, 11) is 0. The first kappa shape index (κ1) is 15.6. The van der Waals surface area contributed by atoms with Gasteiger partial charge in [-0.25, -0.2) is 15.0 Å². The van der Waals surface area contributed by atoms with E-state index in [0.29, 0.717) is 17.9 Å². The molecule has 27 heavy (non-hydrogen) atoms. The Hall–Kier alpha value is -3.67. The molecule has 2 N–H and O–H groups in total. The van der Waals surface area contributed by atoms with Crippen molar-refractivity contribution in [3.63, 3.8) is 0 Å². The summed E-state index contributed by atoms with van der Waals surface area (Å²) in [5.41, 5.74) is 13.4. The van der Waals surface area contributed by atoms with Crippen molar-refractivity contribution >= 4 is 22.5 Å². The minimum absolute atomic E-state index is 0.403. The zero-order chi connectivity index (χ0) is 18.4. The van der Waals surface area contributed by atoms with Crippen LogP contribution in [0, 0.1) is 6.92 Å². The smallest absolute Gasteiger partial charge is 0.165 e. The van der Waals surface area contributed by atoms with Gasteiger partial charge in [-0.15, -0.1) is 0 Å². The van der Waals surface area contributed by atoms with Gasteiger partial charge in [0.05, 0.1) is 18.4 Å². The second-order valence-corrected chi connectivity index (χ2v) is 6.64. The van der Waals surface area contributed by atoms with Crippen molar-refractivity contribution < 1.29 is 0 Å². The number of hydrogen-bond donors (Lipinski definition) is 1. The van der Waals surface area contributed by atoms with E-state index in [-0.39, 0.29) is 0 Å². The molecule has 0 aliphatic rings. The molecule has 0 unspecified atom stereocenters. The number of nitrogens with zero attached hydrogens (tertiary/aromatic N) is 5. The monoisotopic (exact) mass is 354 g/mol. The molecule has 0 atom stereocenters. The predicted molar refractivity (Wildman–Crippen MR) is 106 cm³/mol. The van der Waals surface area contributed by atoms with Crippen molar-refractivity contribution in [2.24, 2.45) is 0 Å². The van der Waals surface area contributed by atoms with Gasteiger partial charge in [0.2, 0.25) is 0 Å². The summed E-state index contributed by atoms with van der Waals surface area (Å²) < 4.78 is 4.18. The van der Waals surface area contributed by atoms with Gasteiger partial charge in [-0.3, -0.25) is 0 Å². The molecular weight excluding hydrogens is 336 g/mol. The van der Waals surface area contributed by atoms with Gasteiger partial charge in [-0.1, -0.05) is 30.3 Å². The summed E-state index contributed by atoms with van der Waals surface area (Å²) in [6.45, 7) is 2.80. The molecule has 0 bridgehead atoms. The number of pyridine rings is 1. The van der Waals surface area contributed by atoms with Crippen LogP contribution in [0.1, 0.15) is 11.1 Å². The summed E-state index contributed by atoms with van der Waals surface area (Å²) in [5.74, 6) is 0.403. The molecule has 6 nitrogen and oxygen atoms in total. The van der Waals surface area contributed by atoms with E-state index in [1.165, 1.54) is 34.1 Å². The fourth-order valence-corrected chi connectivity index (χ4v) is 3.66. The number of anilines is 1. The number of fused-ring (bicyclic) bond motifs is 2. The highest BCUT2D eigenvalue weighted by molar-refractivity contribution is 5.86. The maximum Gasteiger partial charge on any atom is 0.165 e. The first-order valence-corrected chi connectivity index (χ1v) is 8.78. The second kappa shape index (κ2) is 5.95. The highest BCUT2D eigenvalue weighted by Gasteiger charge is 2.16. The van der Waals surface area contributed by atoms with Crippen molar-refractivity contribution in [1.82, 2.24) is 23.9 Å². The van der Waals surface area contributed by atoms with Gasteiger partial charge in [0.1, 0.15) is 11.8 Å². The number of hydrogen-bond acceptors (Lipinski definition) is 4. The lowest BCUT2D eigenvalue weighted by molar-refractivity contribution is 0.814. The quantitative estimate of drug-likeness (QED) is 0.536. The van der Waals surface area contributed by atoms with Gasteiger partial charge in [-0.2, -0.15) is 0 Å². The molecule has 5 rings (SSSR count). The average molecular weight is 354 g/mol. The molecule has 0 saturated heterocycles. The Kier molecular flexibility index (Phi) is 3.43. The Bertz CT molecular complexity index is 1280. The Labute approximate surface area is 155 Å². The summed E-state index contributed by atoms with van der Waals surface area (Å²) in [4.78, 5) is 12.8. The van der Waals surface area contributed by atoms with Crippen LogP contribution in [0.5, 0.6) is 0 Å². The molecule has 0 amide bonds. The lowest BCUT2D eigenvalue weighted by Crippen LogP contribution is -2.01. The van der Waals surface area contributed by atoms with Crippen LogP contribution in [-0.4, -0.2) is 23.9 Å². The number of benzene rings is 1. The molecule has 0 spiro atoms. The van der Waals surface area contributed by atoms with Crippen molar-refractivity contribution in [2.45, 2.75) is 13.5 Å². The molecule has 0 aliphatic heterocycles. The summed E-state index contributed by atoms with van der Waals surface area (Å²) in [6.07, 6.45) is 7.51. The first-order chi connectivity index (χ1) is 13.2. The van der Waals surface area contributed by atoms with E-state index in [9.17, 15) is 0 Å². The number of imidazole rings is 1. The second-order valence-electron chi connectivity index (χ2n) is 6.64. The fourth-order valence-electron chi connectivity index (χ4n) is 3.66. The molecule has 5 aromatic rings. The van der Waals surface area contributed by atoms with E-state index in [1.54, 1.807) is 6.33 Å². The lowest BCUT2D eigenvalue weighted by Gasteiger charge is -2.09. The lowest BCUT2D eigenvalue weighted by atomic mass is 9.98. The van der Waals surface area contributed by atoms with E-state index < -0.39 is 0 Å². The third-order valence-electron chi connectivity index (χ3n) is 4.95. The standard InChI is InChI=1S/C21H18N6/c1-14-6-2-3-7-16(14)18-15(10-26-9-5-4-8-17(18)26)11-27-13-25-19-20(22)23-12-24-21(19)27/h2-10,12-13H,11H2,1H3,(H2,22,23,24). The topological polar surface area (TPSA) is 74.0 Å².